The summed E-state index contributed by atoms with van der Waals surface area (Å²) in [5.74, 6) is -2.54. The van der Waals surface area contributed by atoms with Crippen molar-refractivity contribution < 1.29 is 19.5 Å². The minimum absolute atomic E-state index is 0.0129. The summed E-state index contributed by atoms with van der Waals surface area (Å²) in [6.45, 7) is 1.60. The molecule has 0 spiro atoms. The molecule has 1 aliphatic carbocycles. The molecule has 6 unspecified atom stereocenters. The van der Waals surface area contributed by atoms with Gasteiger partial charge in [0.25, 0.3) is 5.91 Å². The van der Waals surface area contributed by atoms with Crippen molar-refractivity contribution >= 4 is 33.6 Å². The normalized spacial score (nSPS) is 30.1. The van der Waals surface area contributed by atoms with Gasteiger partial charge in [0.15, 0.2) is 5.78 Å². The summed E-state index contributed by atoms with van der Waals surface area (Å²) >= 11 is 3.73. The average molecular weight is 554 g/mol. The predicted octanol–water partition coefficient (Wildman–Crippen LogP) is 3.33. The van der Waals surface area contributed by atoms with E-state index in [1.807, 2.05) is 47.4 Å². The second kappa shape index (κ2) is 10.8. The lowest BCUT2D eigenvalue weighted by Gasteiger charge is -2.44. The van der Waals surface area contributed by atoms with Crippen molar-refractivity contribution in [3.05, 3.63) is 60.2 Å². The Kier molecular flexibility index (Phi) is 7.55. The molecule has 5 rings (SSSR count). The van der Waals surface area contributed by atoms with Crippen molar-refractivity contribution in [1.29, 1.82) is 0 Å². The Morgan fingerprint density at radius 2 is 1.75 bits per heavy atom. The summed E-state index contributed by atoms with van der Waals surface area (Å²) in [6, 6.07) is 18.1. The number of carboxylic acids is 1. The molecule has 190 valence electrons. The number of halogens is 1. The molecule has 2 aromatic rings. The Labute approximate surface area is 219 Å². The number of ketones is 1. The van der Waals surface area contributed by atoms with Gasteiger partial charge in [-0.15, -0.1) is 0 Å². The second-order valence-corrected chi connectivity index (χ2v) is 11.2. The lowest BCUT2D eigenvalue weighted by Crippen LogP contribution is -2.62. The van der Waals surface area contributed by atoms with Crippen LogP contribution in [0, 0.1) is 11.8 Å². The molecule has 1 amide bonds. The van der Waals surface area contributed by atoms with Crippen LogP contribution in [0.1, 0.15) is 36.0 Å². The van der Waals surface area contributed by atoms with Gasteiger partial charge in [-0.2, -0.15) is 0 Å². The highest BCUT2D eigenvalue weighted by atomic mass is 79.9. The van der Waals surface area contributed by atoms with Gasteiger partial charge >= 0.3 is 5.97 Å². The second-order valence-electron chi connectivity index (χ2n) is 10.1. The number of carbonyl (C=O) groups excluding carboxylic acids is 2. The smallest absolute Gasteiger partial charge is 0.315 e. The molecule has 0 aromatic heterocycles. The van der Waals surface area contributed by atoms with Gasteiger partial charge in [0.05, 0.1) is 0 Å². The fraction of sp³-hybridized carbons (Fsp3) is 0.464. The zero-order valence-corrected chi connectivity index (χ0v) is 21.7. The third-order valence-electron chi connectivity index (χ3n) is 8.00. The molecule has 0 bridgehead atoms. The number of hydrogen-bond acceptors (Lipinski definition) is 5. The van der Waals surface area contributed by atoms with Crippen molar-refractivity contribution in [2.75, 3.05) is 19.6 Å². The molecule has 1 saturated carbocycles. The predicted molar refractivity (Wildman–Crippen MR) is 141 cm³/mol. The minimum Gasteiger partial charge on any atom is -0.481 e. The van der Waals surface area contributed by atoms with E-state index in [-0.39, 0.29) is 47.1 Å². The molecule has 36 heavy (non-hydrogen) atoms. The van der Waals surface area contributed by atoms with Crippen molar-refractivity contribution in [3.8, 4) is 11.1 Å². The van der Waals surface area contributed by atoms with E-state index >= 15 is 0 Å². The highest BCUT2D eigenvalue weighted by molar-refractivity contribution is 9.09. The van der Waals surface area contributed by atoms with E-state index in [0.717, 1.165) is 43.4 Å². The van der Waals surface area contributed by atoms with Gasteiger partial charge in [-0.1, -0.05) is 58.4 Å². The first-order chi connectivity index (χ1) is 17.4. The molecule has 3 fully saturated rings. The molecule has 0 radical (unpaired) electrons. The van der Waals surface area contributed by atoms with Crippen LogP contribution in [-0.2, 0) is 9.59 Å². The number of nitrogens with zero attached hydrogens (tertiary/aromatic N) is 1. The lowest BCUT2D eigenvalue weighted by atomic mass is 9.73. The molecule has 2 aliphatic heterocycles. The van der Waals surface area contributed by atoms with Crippen molar-refractivity contribution in [1.82, 2.24) is 15.5 Å². The Morgan fingerprint density at radius 1 is 1.03 bits per heavy atom. The van der Waals surface area contributed by atoms with Crippen LogP contribution < -0.4 is 10.6 Å². The number of fused-ring (bicyclic) bond motifs is 1. The van der Waals surface area contributed by atoms with E-state index in [2.05, 4.69) is 38.7 Å². The first-order valence-corrected chi connectivity index (χ1v) is 13.7. The zero-order valence-electron chi connectivity index (χ0n) is 20.1. The van der Waals surface area contributed by atoms with E-state index in [0.29, 0.717) is 12.1 Å². The molecule has 2 heterocycles. The number of rotatable bonds is 6. The highest BCUT2D eigenvalue weighted by Gasteiger charge is 2.48. The summed E-state index contributed by atoms with van der Waals surface area (Å²) in [5.41, 5.74) is 2.90. The maximum absolute atomic E-state index is 13.3. The van der Waals surface area contributed by atoms with Gasteiger partial charge in [0.2, 0.25) is 0 Å². The monoisotopic (exact) mass is 553 g/mol. The number of aliphatic carboxylic acids is 1. The molecule has 7 nitrogen and oxygen atoms in total. The largest absolute Gasteiger partial charge is 0.481 e. The number of carbonyl (C=O) groups is 3. The fourth-order valence-electron chi connectivity index (χ4n) is 5.98. The van der Waals surface area contributed by atoms with E-state index in [9.17, 15) is 19.5 Å². The quantitative estimate of drug-likeness (QED) is 0.375. The first-order valence-electron chi connectivity index (χ1n) is 12.8. The van der Waals surface area contributed by atoms with Gasteiger partial charge < -0.3 is 20.6 Å². The van der Waals surface area contributed by atoms with E-state index < -0.39 is 11.9 Å². The average Bonchev–Trinajstić information content (AvgIpc) is 3.37. The number of benzene rings is 2. The van der Waals surface area contributed by atoms with Gasteiger partial charge in [-0.05, 0) is 48.9 Å². The third kappa shape index (κ3) is 4.99. The van der Waals surface area contributed by atoms with Crippen LogP contribution in [-0.4, -0.2) is 70.3 Å². The Morgan fingerprint density at radius 3 is 2.47 bits per heavy atom. The lowest BCUT2D eigenvalue weighted by molar-refractivity contribution is -0.149. The van der Waals surface area contributed by atoms with Crippen LogP contribution >= 0.6 is 15.9 Å². The van der Waals surface area contributed by atoms with Crippen LogP contribution in [0.25, 0.3) is 11.1 Å². The number of alkyl halides is 1. The van der Waals surface area contributed by atoms with Crippen LogP contribution in [0.4, 0.5) is 0 Å². The number of amides is 1. The summed E-state index contributed by atoms with van der Waals surface area (Å²) in [6.07, 6.45) is 3.62. The zero-order chi connectivity index (χ0) is 25.2. The first kappa shape index (κ1) is 25.1. The number of carboxylic acid groups (broad SMARTS) is 1. The fourth-order valence-corrected chi connectivity index (χ4v) is 7.06. The molecular formula is C28H32BrN3O4. The SMILES string of the molecule is O=C(O)C1CNC2CCC(NCC3CCCN3C(=O)c3ccc(-c4ccccc4)cc3)C(Br)C2C1=O. The Hall–Kier alpha value is -2.55. The third-order valence-corrected chi connectivity index (χ3v) is 9.20. The van der Waals surface area contributed by atoms with E-state index in [1.165, 1.54) is 0 Å². The Bertz CT molecular complexity index is 1110. The van der Waals surface area contributed by atoms with Gasteiger partial charge in [-0.3, -0.25) is 14.4 Å². The van der Waals surface area contributed by atoms with Crippen LogP contribution in [0.3, 0.4) is 0 Å². The molecule has 3 aliphatic rings. The van der Waals surface area contributed by atoms with E-state index in [4.69, 9.17) is 0 Å². The van der Waals surface area contributed by atoms with Gasteiger partial charge in [0.1, 0.15) is 5.92 Å². The number of likely N-dealkylation sites (tertiary alicyclic amines) is 1. The Balaban J connectivity index is 1.21. The molecular weight excluding hydrogens is 522 g/mol. The summed E-state index contributed by atoms with van der Waals surface area (Å²) in [7, 11) is 0. The topological polar surface area (TPSA) is 98.7 Å². The van der Waals surface area contributed by atoms with Crippen LogP contribution in [0.15, 0.2) is 54.6 Å². The minimum atomic E-state index is -1.06. The number of nitrogens with one attached hydrogen (secondary N) is 2. The highest BCUT2D eigenvalue weighted by Crippen LogP contribution is 2.36. The summed E-state index contributed by atoms with van der Waals surface area (Å²) in [5, 5.41) is 16.3. The summed E-state index contributed by atoms with van der Waals surface area (Å²) < 4.78 is 0. The molecule has 2 aromatic carbocycles. The van der Waals surface area contributed by atoms with E-state index in [1.54, 1.807) is 0 Å². The van der Waals surface area contributed by atoms with Crippen molar-refractivity contribution in [2.24, 2.45) is 11.8 Å². The number of Topliss-reactive ketones (excluding diaryl/α,β-unsaturated/α-hetero) is 1. The molecule has 2 saturated heterocycles. The maximum Gasteiger partial charge on any atom is 0.315 e. The maximum atomic E-state index is 13.3. The number of piperidine rings is 1. The van der Waals surface area contributed by atoms with Crippen LogP contribution in [0.2, 0.25) is 0 Å². The standard InChI is InChI=1S/C28H32BrN3O4/c29-25-23(13-12-22-24(25)26(33)21(16-31-22)28(35)36)30-15-20-7-4-14-32(20)27(34)19-10-8-18(9-11-19)17-5-2-1-3-6-17/h1-3,5-6,8-11,20-25,30-31H,4,7,12-16H2,(H,35,36). The van der Waals surface area contributed by atoms with Crippen LogP contribution in [0.5, 0.6) is 0 Å². The molecule has 6 atom stereocenters. The van der Waals surface area contributed by atoms with Gasteiger partial charge in [0, 0.05) is 54.1 Å². The van der Waals surface area contributed by atoms with Crippen molar-refractivity contribution in [3.63, 3.8) is 0 Å². The van der Waals surface area contributed by atoms with Gasteiger partial charge in [-0.25, -0.2) is 0 Å². The number of hydrogen-bond donors (Lipinski definition) is 3. The molecule has 8 heteroatoms. The van der Waals surface area contributed by atoms with Crippen molar-refractivity contribution in [2.45, 2.75) is 48.6 Å². The molecule has 3 N–H and O–H groups in total. The summed E-state index contributed by atoms with van der Waals surface area (Å²) in [4.78, 5) is 39.6.